The number of aromatic hydroxyl groups is 2. The van der Waals surface area contributed by atoms with Crippen LogP contribution in [-0.2, 0) is 33.8 Å². The fourth-order valence-corrected chi connectivity index (χ4v) is 6.19. The molecule has 1 aliphatic carbocycles. The highest BCUT2D eigenvalue weighted by atomic mass is 16.5. The van der Waals surface area contributed by atoms with Gasteiger partial charge < -0.3 is 55.7 Å². The molecule has 308 valence electrons. The zero-order chi connectivity index (χ0) is 40.7. The van der Waals surface area contributed by atoms with E-state index in [0.29, 0.717) is 35.5 Å². The number of methoxy groups -OCH3 is 4. The molecule has 0 aliphatic heterocycles. The van der Waals surface area contributed by atoms with Crippen LogP contribution in [0.5, 0.6) is 23.0 Å². The van der Waals surface area contributed by atoms with Crippen molar-refractivity contribution in [3.05, 3.63) is 70.0 Å². The van der Waals surface area contributed by atoms with Gasteiger partial charge in [0, 0.05) is 25.6 Å². The van der Waals surface area contributed by atoms with Crippen LogP contribution in [0.4, 0.5) is 0 Å². The molecule has 0 radical (unpaired) electrons. The number of carbonyl (C=O) groups excluding carboxylic acids is 3. The predicted octanol–water partition coefficient (Wildman–Crippen LogP) is 3.30. The maximum atomic E-state index is 11.9. The maximum Gasteiger partial charge on any atom is 0.358 e. The second-order valence-corrected chi connectivity index (χ2v) is 13.2. The van der Waals surface area contributed by atoms with Crippen LogP contribution in [-0.4, -0.2) is 106 Å². The van der Waals surface area contributed by atoms with Crippen molar-refractivity contribution in [1.29, 1.82) is 0 Å². The number of fused-ring (bicyclic) bond motifs is 1. The largest absolute Gasteiger partial charge is 0.504 e. The molecule has 0 saturated carbocycles. The number of benzene rings is 2. The van der Waals surface area contributed by atoms with Gasteiger partial charge in [-0.05, 0) is 125 Å². The number of nitrogens with one attached hydrogen (secondary N) is 5. The SMILES string of the molecule is COC(=O)c1nnc(C(=O)OC)c2c1CCCC2NC(C)=O.COc1cc(CNCCCNCCCCNCCCNCc2ccc(O)c(OC)c2)ccc1O. The third kappa shape index (κ3) is 14.9. The first-order chi connectivity index (χ1) is 27.1. The van der Waals surface area contributed by atoms with Crippen molar-refractivity contribution >= 4 is 17.8 Å². The van der Waals surface area contributed by atoms with Crippen LogP contribution in [0, 0.1) is 0 Å². The molecule has 0 bridgehead atoms. The first-order valence-corrected chi connectivity index (χ1v) is 19.0. The average Bonchev–Trinajstić information content (AvgIpc) is 3.20. The Morgan fingerprint density at radius 2 is 1.14 bits per heavy atom. The van der Waals surface area contributed by atoms with Gasteiger partial charge in [-0.25, -0.2) is 9.59 Å². The molecule has 1 aliphatic rings. The molecule has 2 aromatic carbocycles. The lowest BCUT2D eigenvalue weighted by Crippen LogP contribution is -2.33. The fourth-order valence-electron chi connectivity index (χ4n) is 6.19. The van der Waals surface area contributed by atoms with Gasteiger partial charge in [-0.1, -0.05) is 12.1 Å². The van der Waals surface area contributed by atoms with E-state index in [0.717, 1.165) is 82.7 Å². The molecule has 0 spiro atoms. The Morgan fingerprint density at radius 3 is 1.62 bits per heavy atom. The molecule has 0 saturated heterocycles. The summed E-state index contributed by atoms with van der Waals surface area (Å²) in [6.07, 6.45) is 6.45. The molecule has 1 unspecified atom stereocenters. The van der Waals surface area contributed by atoms with Crippen molar-refractivity contribution < 1.29 is 43.5 Å². The van der Waals surface area contributed by atoms with E-state index in [4.69, 9.17) is 18.9 Å². The Kier molecular flexibility index (Phi) is 20.4. The minimum absolute atomic E-state index is 0.0172. The second kappa shape index (κ2) is 25.2. The van der Waals surface area contributed by atoms with Gasteiger partial charge in [-0.2, -0.15) is 0 Å². The topological polar surface area (TPSA) is 215 Å². The molecular weight excluding hydrogens is 722 g/mol. The number of unbranched alkanes of at least 4 members (excludes halogenated alkanes) is 1. The summed E-state index contributed by atoms with van der Waals surface area (Å²) in [6, 6.07) is 10.5. The number of nitrogens with zero attached hydrogens (tertiary/aromatic N) is 2. The zero-order valence-electron chi connectivity index (χ0n) is 33.3. The number of ether oxygens (including phenoxy) is 4. The Bertz CT molecular complexity index is 1620. The van der Waals surface area contributed by atoms with Gasteiger partial charge in [0.15, 0.2) is 34.4 Å². The molecule has 16 heteroatoms. The lowest BCUT2D eigenvalue weighted by molar-refractivity contribution is -0.119. The highest BCUT2D eigenvalue weighted by molar-refractivity contribution is 5.93. The Morgan fingerprint density at radius 1 is 0.679 bits per heavy atom. The number of aromatic nitrogens is 2. The van der Waals surface area contributed by atoms with Crippen LogP contribution in [0.15, 0.2) is 36.4 Å². The number of hydrogen-bond donors (Lipinski definition) is 7. The molecule has 1 heterocycles. The summed E-state index contributed by atoms with van der Waals surface area (Å²) in [5.41, 5.74) is 3.35. The Hall–Kier alpha value is -5.03. The molecule has 16 nitrogen and oxygen atoms in total. The average molecular weight is 782 g/mol. The highest BCUT2D eigenvalue weighted by Crippen LogP contribution is 2.33. The van der Waals surface area contributed by atoms with Crippen molar-refractivity contribution in [2.24, 2.45) is 0 Å². The van der Waals surface area contributed by atoms with E-state index < -0.39 is 18.0 Å². The quantitative estimate of drug-likeness (QED) is 0.0576. The van der Waals surface area contributed by atoms with Crippen molar-refractivity contribution in [1.82, 2.24) is 36.8 Å². The van der Waals surface area contributed by atoms with Gasteiger partial charge in [0.1, 0.15) is 0 Å². The summed E-state index contributed by atoms with van der Waals surface area (Å²) in [4.78, 5) is 35.1. The van der Waals surface area contributed by atoms with Crippen LogP contribution >= 0.6 is 0 Å². The van der Waals surface area contributed by atoms with Crippen LogP contribution < -0.4 is 36.1 Å². The summed E-state index contributed by atoms with van der Waals surface area (Å²) in [5, 5.41) is 43.5. The first kappa shape index (κ1) is 45.4. The standard InChI is InChI=1S/C26H42N4O4.C14H17N3O5/c1-33-25-17-21(7-9-23(25)31)19-29-15-5-13-27-11-3-4-12-28-14-6-16-30-20-22-8-10-24(32)26(18-22)34-2;1-7(18)15-9-6-4-5-8-10(9)12(14(20)22-3)17-16-11(8)13(19)21-2/h7-10,17-18,27-32H,3-6,11-16,19-20H2,1-2H3;9H,4-6H2,1-3H3,(H,15,18). The molecule has 4 rings (SSSR count). The molecule has 1 amide bonds. The first-order valence-electron chi connectivity index (χ1n) is 19.0. The van der Waals surface area contributed by atoms with E-state index in [-0.39, 0.29) is 28.8 Å². The number of esters is 2. The summed E-state index contributed by atoms with van der Waals surface area (Å²) >= 11 is 0. The van der Waals surface area contributed by atoms with Gasteiger partial charge in [0.05, 0.1) is 34.5 Å². The van der Waals surface area contributed by atoms with Gasteiger partial charge in [0.25, 0.3) is 0 Å². The van der Waals surface area contributed by atoms with E-state index in [1.54, 1.807) is 26.4 Å². The summed E-state index contributed by atoms with van der Waals surface area (Å²) in [7, 11) is 5.61. The van der Waals surface area contributed by atoms with E-state index in [1.807, 2.05) is 24.3 Å². The smallest absolute Gasteiger partial charge is 0.358 e. The molecule has 7 N–H and O–H groups in total. The van der Waals surface area contributed by atoms with Crippen LogP contribution in [0.1, 0.15) is 94.7 Å². The summed E-state index contributed by atoms with van der Waals surface area (Å²) < 4.78 is 19.7. The van der Waals surface area contributed by atoms with Crippen LogP contribution in [0.25, 0.3) is 0 Å². The minimum Gasteiger partial charge on any atom is -0.504 e. The lowest BCUT2D eigenvalue weighted by Gasteiger charge is -2.27. The second-order valence-electron chi connectivity index (χ2n) is 13.2. The number of rotatable bonds is 22. The van der Waals surface area contributed by atoms with Gasteiger partial charge in [-0.3, -0.25) is 4.79 Å². The predicted molar refractivity (Wildman–Crippen MR) is 211 cm³/mol. The van der Waals surface area contributed by atoms with Crippen molar-refractivity contribution in [2.75, 3.05) is 67.7 Å². The van der Waals surface area contributed by atoms with Crippen molar-refractivity contribution in [3.8, 4) is 23.0 Å². The normalized spacial score (nSPS) is 13.1. The third-order valence-electron chi connectivity index (χ3n) is 9.04. The van der Waals surface area contributed by atoms with E-state index in [1.165, 1.54) is 34.0 Å². The van der Waals surface area contributed by atoms with E-state index >= 15 is 0 Å². The molecular formula is C40H59N7O9. The minimum atomic E-state index is -0.655. The monoisotopic (exact) mass is 781 g/mol. The Balaban J connectivity index is 0.000000329. The lowest BCUT2D eigenvalue weighted by atomic mass is 9.85. The molecule has 56 heavy (non-hydrogen) atoms. The number of amides is 1. The summed E-state index contributed by atoms with van der Waals surface area (Å²) in [6.45, 7) is 8.95. The molecule has 1 atom stereocenters. The zero-order valence-corrected chi connectivity index (χ0v) is 33.3. The number of carbonyl (C=O) groups is 3. The Labute approximate surface area is 329 Å². The van der Waals surface area contributed by atoms with Gasteiger partial charge >= 0.3 is 11.9 Å². The van der Waals surface area contributed by atoms with Crippen LogP contribution in [0.3, 0.4) is 0 Å². The highest BCUT2D eigenvalue weighted by Gasteiger charge is 2.33. The van der Waals surface area contributed by atoms with E-state index in [9.17, 15) is 24.6 Å². The molecule has 1 aromatic heterocycles. The van der Waals surface area contributed by atoms with Crippen LogP contribution in [0.2, 0.25) is 0 Å². The fraction of sp³-hybridized carbons (Fsp3) is 0.525. The molecule has 3 aromatic rings. The van der Waals surface area contributed by atoms with Gasteiger partial charge in [-0.15, -0.1) is 10.2 Å². The maximum absolute atomic E-state index is 11.9. The van der Waals surface area contributed by atoms with Gasteiger partial charge in [0.2, 0.25) is 5.91 Å². The van der Waals surface area contributed by atoms with E-state index in [2.05, 4.69) is 36.8 Å². The third-order valence-corrected chi connectivity index (χ3v) is 9.04. The molecule has 0 fully saturated rings. The number of phenolic OH excluding ortho intramolecular Hbond substituents is 2. The van der Waals surface area contributed by atoms with Crippen molar-refractivity contribution in [2.45, 2.75) is 71.0 Å². The number of hydrogen-bond acceptors (Lipinski definition) is 15. The van der Waals surface area contributed by atoms with Crippen molar-refractivity contribution in [3.63, 3.8) is 0 Å². The number of phenols is 2. The summed E-state index contributed by atoms with van der Waals surface area (Å²) in [5.74, 6) is -0.137.